The van der Waals surface area contributed by atoms with Gasteiger partial charge in [-0.15, -0.1) is 0 Å². The Morgan fingerprint density at radius 3 is 2.37 bits per heavy atom. The molecule has 1 rings (SSSR count). The molecule has 4 nitrogen and oxygen atoms in total. The minimum atomic E-state index is -0.543. The average molecular weight is 264 g/mol. The standard InChI is InChI=1S/C15H24N2O2/c1-11(2)14(17-10-9-16-12(3)18)15(19)13-7-5-4-6-8-13/h4-8,11,14-15,17,19H,9-10H2,1-3H3,(H,16,18). The lowest BCUT2D eigenvalue weighted by Gasteiger charge is -2.28. The van der Waals surface area contributed by atoms with Crippen LogP contribution in [-0.4, -0.2) is 30.1 Å². The second-order valence-corrected chi connectivity index (χ2v) is 5.06. The number of amides is 1. The molecule has 4 heteroatoms. The monoisotopic (exact) mass is 264 g/mol. The molecule has 19 heavy (non-hydrogen) atoms. The minimum absolute atomic E-state index is 0.0313. The summed E-state index contributed by atoms with van der Waals surface area (Å²) in [6.07, 6.45) is -0.543. The molecule has 2 atom stereocenters. The normalized spacial score (nSPS) is 14.2. The summed E-state index contributed by atoms with van der Waals surface area (Å²) in [6.45, 7) is 6.86. The summed E-state index contributed by atoms with van der Waals surface area (Å²) in [7, 11) is 0. The molecule has 0 heterocycles. The van der Waals surface area contributed by atoms with E-state index in [1.165, 1.54) is 6.92 Å². The maximum absolute atomic E-state index is 10.8. The van der Waals surface area contributed by atoms with E-state index in [1.54, 1.807) is 0 Å². The van der Waals surface area contributed by atoms with Crippen LogP contribution in [0.3, 0.4) is 0 Å². The van der Waals surface area contributed by atoms with Crippen LogP contribution in [0.4, 0.5) is 0 Å². The Morgan fingerprint density at radius 2 is 1.84 bits per heavy atom. The zero-order valence-corrected chi connectivity index (χ0v) is 11.9. The Balaban J connectivity index is 2.55. The van der Waals surface area contributed by atoms with Gasteiger partial charge in [-0.3, -0.25) is 4.79 Å². The first-order valence-electron chi connectivity index (χ1n) is 6.73. The van der Waals surface area contributed by atoms with Gasteiger partial charge < -0.3 is 15.7 Å². The fraction of sp³-hybridized carbons (Fsp3) is 0.533. The summed E-state index contributed by atoms with van der Waals surface area (Å²) in [5.41, 5.74) is 0.910. The van der Waals surface area contributed by atoms with Crippen molar-refractivity contribution in [2.45, 2.75) is 32.9 Å². The molecule has 0 spiro atoms. The van der Waals surface area contributed by atoms with Crippen molar-refractivity contribution in [3.8, 4) is 0 Å². The first kappa shape index (κ1) is 15.7. The number of carbonyl (C=O) groups is 1. The molecule has 1 aromatic carbocycles. The van der Waals surface area contributed by atoms with E-state index < -0.39 is 6.10 Å². The molecule has 3 N–H and O–H groups in total. The molecule has 0 aliphatic carbocycles. The van der Waals surface area contributed by atoms with Crippen molar-refractivity contribution in [1.29, 1.82) is 0 Å². The summed E-state index contributed by atoms with van der Waals surface area (Å²) in [4.78, 5) is 10.8. The molecule has 0 saturated heterocycles. The number of hydrogen-bond acceptors (Lipinski definition) is 3. The lowest BCUT2D eigenvalue weighted by Crippen LogP contribution is -2.42. The van der Waals surface area contributed by atoms with Gasteiger partial charge in [0.25, 0.3) is 0 Å². The van der Waals surface area contributed by atoms with Gasteiger partial charge in [-0.05, 0) is 11.5 Å². The molecule has 0 aromatic heterocycles. The molecule has 0 radical (unpaired) electrons. The minimum Gasteiger partial charge on any atom is -0.387 e. The number of aliphatic hydroxyl groups is 1. The van der Waals surface area contributed by atoms with Crippen molar-refractivity contribution in [2.24, 2.45) is 5.92 Å². The topological polar surface area (TPSA) is 61.4 Å². The van der Waals surface area contributed by atoms with Crippen LogP contribution in [0.5, 0.6) is 0 Å². The van der Waals surface area contributed by atoms with E-state index in [2.05, 4.69) is 24.5 Å². The number of carbonyl (C=O) groups excluding carboxylic acids is 1. The molecule has 1 aromatic rings. The SMILES string of the molecule is CC(=O)NCCNC(C(C)C)C(O)c1ccccc1. The van der Waals surface area contributed by atoms with Crippen molar-refractivity contribution in [2.75, 3.05) is 13.1 Å². The third-order valence-electron chi connectivity index (χ3n) is 3.08. The molecule has 0 aliphatic rings. The van der Waals surface area contributed by atoms with Crippen molar-refractivity contribution in [3.63, 3.8) is 0 Å². The third-order valence-corrected chi connectivity index (χ3v) is 3.08. The van der Waals surface area contributed by atoms with Gasteiger partial charge >= 0.3 is 0 Å². The second kappa shape index (κ2) is 7.92. The van der Waals surface area contributed by atoms with Crippen LogP contribution in [0.2, 0.25) is 0 Å². The fourth-order valence-corrected chi connectivity index (χ4v) is 2.05. The predicted molar refractivity (Wildman–Crippen MR) is 76.7 cm³/mol. The van der Waals surface area contributed by atoms with E-state index in [4.69, 9.17) is 0 Å². The van der Waals surface area contributed by atoms with Gasteiger partial charge in [0.1, 0.15) is 0 Å². The molecule has 0 fully saturated rings. The van der Waals surface area contributed by atoms with Crippen molar-refractivity contribution < 1.29 is 9.90 Å². The van der Waals surface area contributed by atoms with Crippen LogP contribution in [0, 0.1) is 5.92 Å². The van der Waals surface area contributed by atoms with Crippen LogP contribution in [0.25, 0.3) is 0 Å². The van der Waals surface area contributed by atoms with Crippen molar-refractivity contribution >= 4 is 5.91 Å². The molecular formula is C15H24N2O2. The third kappa shape index (κ3) is 5.41. The van der Waals surface area contributed by atoms with E-state index in [0.717, 1.165) is 5.56 Å². The summed E-state index contributed by atoms with van der Waals surface area (Å²) in [5.74, 6) is 0.263. The summed E-state index contributed by atoms with van der Waals surface area (Å²) >= 11 is 0. The quantitative estimate of drug-likeness (QED) is 0.654. The number of benzene rings is 1. The predicted octanol–water partition coefficient (Wildman–Crippen LogP) is 1.47. The van der Waals surface area contributed by atoms with Gasteiger partial charge in [-0.2, -0.15) is 0 Å². The van der Waals surface area contributed by atoms with Gasteiger partial charge in [0.2, 0.25) is 5.91 Å². The van der Waals surface area contributed by atoms with E-state index in [0.29, 0.717) is 19.0 Å². The zero-order valence-electron chi connectivity index (χ0n) is 11.9. The summed E-state index contributed by atoms with van der Waals surface area (Å²) in [5, 5.41) is 16.5. The number of rotatable bonds is 7. The highest BCUT2D eigenvalue weighted by Gasteiger charge is 2.23. The number of nitrogens with one attached hydrogen (secondary N) is 2. The highest BCUT2D eigenvalue weighted by Crippen LogP contribution is 2.21. The Kier molecular flexibility index (Phi) is 6.53. The molecule has 106 valence electrons. The second-order valence-electron chi connectivity index (χ2n) is 5.06. The summed E-state index contributed by atoms with van der Waals surface area (Å²) in [6, 6.07) is 9.60. The lowest BCUT2D eigenvalue weighted by atomic mass is 9.93. The van der Waals surface area contributed by atoms with Crippen LogP contribution >= 0.6 is 0 Å². The van der Waals surface area contributed by atoms with Crippen molar-refractivity contribution in [3.05, 3.63) is 35.9 Å². The van der Waals surface area contributed by atoms with Crippen LogP contribution in [0.1, 0.15) is 32.4 Å². The van der Waals surface area contributed by atoms with Crippen LogP contribution < -0.4 is 10.6 Å². The molecule has 0 aliphatic heterocycles. The van der Waals surface area contributed by atoms with E-state index in [9.17, 15) is 9.90 Å². The van der Waals surface area contributed by atoms with Gasteiger partial charge in [0.15, 0.2) is 0 Å². The maximum Gasteiger partial charge on any atom is 0.216 e. The van der Waals surface area contributed by atoms with Crippen LogP contribution in [-0.2, 0) is 4.79 Å². The van der Waals surface area contributed by atoms with Crippen LogP contribution in [0.15, 0.2) is 30.3 Å². The highest BCUT2D eigenvalue weighted by molar-refractivity contribution is 5.72. The van der Waals surface area contributed by atoms with E-state index >= 15 is 0 Å². The van der Waals surface area contributed by atoms with Gasteiger partial charge in [-0.25, -0.2) is 0 Å². The number of aliphatic hydroxyl groups excluding tert-OH is 1. The maximum atomic E-state index is 10.8. The van der Waals surface area contributed by atoms with Gasteiger partial charge in [0.05, 0.1) is 6.10 Å². The zero-order chi connectivity index (χ0) is 14.3. The first-order chi connectivity index (χ1) is 9.02. The first-order valence-corrected chi connectivity index (χ1v) is 6.73. The van der Waals surface area contributed by atoms with Gasteiger partial charge in [-0.1, -0.05) is 44.2 Å². The van der Waals surface area contributed by atoms with E-state index in [-0.39, 0.29) is 11.9 Å². The Hall–Kier alpha value is -1.39. The van der Waals surface area contributed by atoms with Crippen molar-refractivity contribution in [1.82, 2.24) is 10.6 Å². The Labute approximate surface area is 115 Å². The fourth-order valence-electron chi connectivity index (χ4n) is 2.05. The average Bonchev–Trinajstić information content (AvgIpc) is 2.38. The van der Waals surface area contributed by atoms with Gasteiger partial charge in [0, 0.05) is 26.1 Å². The number of hydrogen-bond donors (Lipinski definition) is 3. The van der Waals surface area contributed by atoms with E-state index in [1.807, 2.05) is 30.3 Å². The molecule has 0 bridgehead atoms. The summed E-state index contributed by atoms with van der Waals surface area (Å²) < 4.78 is 0. The largest absolute Gasteiger partial charge is 0.387 e. The molecular weight excluding hydrogens is 240 g/mol. The molecule has 1 amide bonds. The lowest BCUT2D eigenvalue weighted by molar-refractivity contribution is -0.118. The highest BCUT2D eigenvalue weighted by atomic mass is 16.3. The molecule has 2 unspecified atom stereocenters. The molecule has 0 saturated carbocycles. The Bertz CT molecular complexity index is 379. The Morgan fingerprint density at radius 1 is 1.21 bits per heavy atom. The smallest absolute Gasteiger partial charge is 0.216 e.